The number of aromatic nitrogens is 2. The molecule has 0 atom stereocenters. The molecule has 2 aromatic heterocycles. The van der Waals surface area contributed by atoms with Gasteiger partial charge >= 0.3 is 5.97 Å². The predicted octanol–water partition coefficient (Wildman–Crippen LogP) is 2.70. The van der Waals surface area contributed by atoms with Gasteiger partial charge in [-0.25, -0.2) is 4.98 Å². The smallest absolute Gasteiger partial charge is 0.323 e. The SMILES string of the molecule is CCc1cc2c(=O)n(CC(=O)O)c(Cc3ccc(OC)cc3)nc2s1. The summed E-state index contributed by atoms with van der Waals surface area (Å²) in [6.45, 7) is 1.61. The summed E-state index contributed by atoms with van der Waals surface area (Å²) in [7, 11) is 1.59. The van der Waals surface area contributed by atoms with Crippen molar-refractivity contribution in [3.05, 3.63) is 57.0 Å². The quantitative estimate of drug-likeness (QED) is 0.733. The molecule has 2 heterocycles. The zero-order chi connectivity index (χ0) is 18.0. The maximum absolute atomic E-state index is 12.8. The normalized spacial score (nSPS) is 11.0. The van der Waals surface area contributed by atoms with Crippen LogP contribution in [0.3, 0.4) is 0 Å². The van der Waals surface area contributed by atoms with E-state index < -0.39 is 12.5 Å². The van der Waals surface area contributed by atoms with E-state index >= 15 is 0 Å². The minimum absolute atomic E-state index is 0.299. The van der Waals surface area contributed by atoms with Gasteiger partial charge in [-0.15, -0.1) is 11.3 Å². The lowest BCUT2D eigenvalue weighted by Crippen LogP contribution is -2.28. The van der Waals surface area contributed by atoms with Crippen LogP contribution in [-0.2, 0) is 24.2 Å². The van der Waals surface area contributed by atoms with Crippen LogP contribution in [0.4, 0.5) is 0 Å². The lowest BCUT2D eigenvalue weighted by atomic mass is 10.1. The van der Waals surface area contributed by atoms with Crippen LogP contribution in [0.1, 0.15) is 23.2 Å². The summed E-state index contributed by atoms with van der Waals surface area (Å²) in [6, 6.07) is 9.23. The van der Waals surface area contributed by atoms with Gasteiger partial charge in [0.25, 0.3) is 5.56 Å². The Morgan fingerprint density at radius 1 is 1.32 bits per heavy atom. The van der Waals surface area contributed by atoms with Crippen molar-refractivity contribution < 1.29 is 14.6 Å². The lowest BCUT2D eigenvalue weighted by Gasteiger charge is -2.11. The Bertz CT molecular complexity index is 973. The molecule has 0 bridgehead atoms. The van der Waals surface area contributed by atoms with Gasteiger partial charge in [-0.05, 0) is 30.2 Å². The molecule has 3 aromatic rings. The summed E-state index contributed by atoms with van der Waals surface area (Å²) in [5, 5.41) is 9.66. The number of methoxy groups -OCH3 is 1. The monoisotopic (exact) mass is 358 g/mol. The Balaban J connectivity index is 2.09. The van der Waals surface area contributed by atoms with Crippen LogP contribution >= 0.6 is 11.3 Å². The van der Waals surface area contributed by atoms with Crippen LogP contribution in [0, 0.1) is 0 Å². The van der Waals surface area contributed by atoms with E-state index in [-0.39, 0.29) is 5.56 Å². The second-order valence-corrected chi connectivity index (χ2v) is 6.74. The maximum atomic E-state index is 12.8. The molecule has 0 radical (unpaired) electrons. The van der Waals surface area contributed by atoms with Gasteiger partial charge in [0.05, 0.1) is 12.5 Å². The van der Waals surface area contributed by atoms with Crippen molar-refractivity contribution in [1.82, 2.24) is 9.55 Å². The number of carboxylic acids is 1. The number of aliphatic carboxylic acids is 1. The average Bonchev–Trinajstić information content (AvgIpc) is 3.02. The highest BCUT2D eigenvalue weighted by Crippen LogP contribution is 2.23. The predicted molar refractivity (Wildman–Crippen MR) is 96.7 cm³/mol. The van der Waals surface area contributed by atoms with Gasteiger partial charge < -0.3 is 9.84 Å². The fourth-order valence-corrected chi connectivity index (χ4v) is 3.62. The Kier molecular flexibility index (Phi) is 4.85. The molecular formula is C18H18N2O4S. The highest BCUT2D eigenvalue weighted by Gasteiger charge is 2.16. The van der Waals surface area contributed by atoms with E-state index in [4.69, 9.17) is 4.74 Å². The van der Waals surface area contributed by atoms with Gasteiger partial charge in [-0.2, -0.15) is 0 Å². The number of carbonyl (C=O) groups is 1. The van der Waals surface area contributed by atoms with Gasteiger partial charge in [0.2, 0.25) is 0 Å². The van der Waals surface area contributed by atoms with E-state index in [1.54, 1.807) is 7.11 Å². The zero-order valence-corrected chi connectivity index (χ0v) is 14.8. The maximum Gasteiger partial charge on any atom is 0.323 e. The number of aryl methyl sites for hydroxylation is 1. The highest BCUT2D eigenvalue weighted by molar-refractivity contribution is 7.18. The topological polar surface area (TPSA) is 81.4 Å². The molecule has 0 unspecified atom stereocenters. The molecule has 0 aliphatic heterocycles. The number of rotatable bonds is 6. The number of benzene rings is 1. The molecule has 6 nitrogen and oxygen atoms in total. The summed E-state index contributed by atoms with van der Waals surface area (Å²) in [6.07, 6.45) is 1.19. The van der Waals surface area contributed by atoms with Crippen LogP contribution in [0.15, 0.2) is 35.1 Å². The molecule has 0 fully saturated rings. The summed E-state index contributed by atoms with van der Waals surface area (Å²) in [4.78, 5) is 30.3. The minimum atomic E-state index is -1.06. The third-order valence-corrected chi connectivity index (χ3v) is 5.12. The fourth-order valence-electron chi connectivity index (χ4n) is 2.64. The van der Waals surface area contributed by atoms with Gasteiger partial charge in [-0.3, -0.25) is 14.2 Å². The van der Waals surface area contributed by atoms with Gasteiger partial charge in [0.1, 0.15) is 22.9 Å². The van der Waals surface area contributed by atoms with E-state index in [2.05, 4.69) is 4.98 Å². The first kappa shape index (κ1) is 17.2. The first-order valence-electron chi connectivity index (χ1n) is 7.88. The summed E-state index contributed by atoms with van der Waals surface area (Å²) >= 11 is 1.48. The highest BCUT2D eigenvalue weighted by atomic mass is 32.1. The van der Waals surface area contributed by atoms with Crippen LogP contribution in [0.25, 0.3) is 10.2 Å². The first-order valence-corrected chi connectivity index (χ1v) is 8.70. The molecule has 0 aliphatic rings. The van der Waals surface area contributed by atoms with E-state index in [0.29, 0.717) is 22.5 Å². The van der Waals surface area contributed by atoms with Crippen molar-refractivity contribution in [2.75, 3.05) is 7.11 Å². The number of hydrogen-bond acceptors (Lipinski definition) is 5. The van der Waals surface area contributed by atoms with Crippen LogP contribution in [-0.4, -0.2) is 27.7 Å². The van der Waals surface area contributed by atoms with Crippen LogP contribution in [0.5, 0.6) is 5.75 Å². The molecule has 3 rings (SSSR count). The molecular weight excluding hydrogens is 340 g/mol. The lowest BCUT2D eigenvalue weighted by molar-refractivity contribution is -0.137. The van der Waals surface area contributed by atoms with Crippen molar-refractivity contribution >= 4 is 27.5 Å². The van der Waals surface area contributed by atoms with Gasteiger partial charge in [0, 0.05) is 11.3 Å². The number of nitrogens with zero attached hydrogens (tertiary/aromatic N) is 2. The van der Waals surface area contributed by atoms with Gasteiger partial charge in [-0.1, -0.05) is 19.1 Å². The summed E-state index contributed by atoms with van der Waals surface area (Å²) in [5.41, 5.74) is 0.630. The minimum Gasteiger partial charge on any atom is -0.497 e. The fraction of sp³-hybridized carbons (Fsp3) is 0.278. The van der Waals surface area contributed by atoms with Crippen molar-refractivity contribution in [2.24, 2.45) is 0 Å². The number of thiophene rings is 1. The second-order valence-electron chi connectivity index (χ2n) is 5.62. The molecule has 1 N–H and O–H groups in total. The third-order valence-electron chi connectivity index (χ3n) is 3.94. The Morgan fingerprint density at radius 3 is 2.64 bits per heavy atom. The van der Waals surface area contributed by atoms with E-state index in [9.17, 15) is 14.7 Å². The second kappa shape index (κ2) is 7.06. The van der Waals surface area contributed by atoms with Crippen LogP contribution < -0.4 is 10.3 Å². The number of fused-ring (bicyclic) bond motifs is 1. The molecule has 0 amide bonds. The summed E-state index contributed by atoms with van der Waals surface area (Å²) in [5.74, 6) is 0.126. The molecule has 0 aliphatic carbocycles. The van der Waals surface area contributed by atoms with Crippen molar-refractivity contribution in [3.63, 3.8) is 0 Å². The number of carboxylic acid groups (broad SMARTS) is 1. The van der Waals surface area contributed by atoms with Crippen LogP contribution in [0.2, 0.25) is 0 Å². The average molecular weight is 358 g/mol. The Labute approximate surface area is 148 Å². The van der Waals surface area contributed by atoms with Gasteiger partial charge in [0.15, 0.2) is 0 Å². The Hall–Kier alpha value is -2.67. The van der Waals surface area contributed by atoms with E-state index in [1.165, 1.54) is 15.9 Å². The first-order chi connectivity index (χ1) is 12.0. The summed E-state index contributed by atoms with van der Waals surface area (Å²) < 4.78 is 6.39. The molecule has 25 heavy (non-hydrogen) atoms. The molecule has 7 heteroatoms. The largest absolute Gasteiger partial charge is 0.497 e. The molecule has 130 valence electrons. The zero-order valence-electron chi connectivity index (χ0n) is 14.0. The Morgan fingerprint density at radius 2 is 2.04 bits per heavy atom. The number of ether oxygens (including phenoxy) is 1. The van der Waals surface area contributed by atoms with E-state index in [0.717, 1.165) is 22.6 Å². The van der Waals surface area contributed by atoms with Crippen molar-refractivity contribution in [1.29, 1.82) is 0 Å². The molecule has 0 spiro atoms. The van der Waals surface area contributed by atoms with Crippen molar-refractivity contribution in [2.45, 2.75) is 26.3 Å². The third kappa shape index (κ3) is 3.56. The number of hydrogen-bond donors (Lipinski definition) is 1. The molecule has 0 saturated heterocycles. The molecule has 1 aromatic carbocycles. The molecule has 0 saturated carbocycles. The van der Waals surface area contributed by atoms with Crippen molar-refractivity contribution in [3.8, 4) is 5.75 Å². The standard InChI is InChI=1S/C18H18N2O4S/c1-3-13-9-14-17(25-13)19-15(20(18(14)23)10-16(21)22)8-11-4-6-12(24-2)7-5-11/h4-7,9H,3,8,10H2,1-2H3,(H,21,22). The van der Waals surface area contributed by atoms with E-state index in [1.807, 2.05) is 37.3 Å².